The first-order valence-electron chi connectivity index (χ1n) is 7.25. The number of nitrogen functional groups attached to an aromatic ring is 1. The normalized spacial score (nSPS) is 19.3. The molecule has 1 aliphatic rings. The molecule has 2 rings (SSSR count). The molecule has 1 heterocycles. The van der Waals surface area contributed by atoms with E-state index < -0.39 is 0 Å². The number of hydrogen-bond donors (Lipinski definition) is 1. The molecule has 1 fully saturated rings. The van der Waals surface area contributed by atoms with Crippen molar-refractivity contribution in [1.82, 2.24) is 4.90 Å². The first kappa shape index (κ1) is 14.1. The summed E-state index contributed by atoms with van der Waals surface area (Å²) < 4.78 is 0. The third-order valence-electron chi connectivity index (χ3n) is 4.14. The molecule has 1 aliphatic heterocycles. The van der Waals surface area contributed by atoms with Gasteiger partial charge in [0.1, 0.15) is 0 Å². The number of carbonyl (C=O) groups is 1. The van der Waals surface area contributed by atoms with E-state index in [0.717, 1.165) is 31.0 Å². The van der Waals surface area contributed by atoms with Crippen molar-refractivity contribution < 1.29 is 4.79 Å². The van der Waals surface area contributed by atoms with Crippen LogP contribution in [-0.2, 0) is 0 Å². The second kappa shape index (κ2) is 6.20. The monoisotopic (exact) mass is 260 g/mol. The quantitative estimate of drug-likeness (QED) is 0.668. The van der Waals surface area contributed by atoms with Gasteiger partial charge in [-0.05, 0) is 62.5 Å². The average molecular weight is 260 g/mol. The Kier molecular flexibility index (Phi) is 4.59. The minimum atomic E-state index is 0.0242. The summed E-state index contributed by atoms with van der Waals surface area (Å²) in [7, 11) is 0. The fourth-order valence-corrected chi connectivity index (χ4v) is 2.79. The molecule has 2 N–H and O–H groups in total. The summed E-state index contributed by atoms with van der Waals surface area (Å²) in [4.78, 5) is 14.9. The van der Waals surface area contributed by atoms with Crippen LogP contribution >= 0.6 is 0 Å². The lowest BCUT2D eigenvalue weighted by molar-refractivity contribution is 0.0743. The number of likely N-dealkylation sites (tertiary alicyclic amines) is 1. The van der Waals surface area contributed by atoms with E-state index in [-0.39, 0.29) is 11.8 Å². The zero-order valence-electron chi connectivity index (χ0n) is 11.9. The zero-order chi connectivity index (χ0) is 13.8. The number of carbonyl (C=O) groups excluding carboxylic acids is 1. The van der Waals surface area contributed by atoms with Crippen molar-refractivity contribution in [3.63, 3.8) is 0 Å². The Balaban J connectivity index is 2.08. The van der Waals surface area contributed by atoms with Crippen molar-refractivity contribution >= 4 is 11.5 Å². The second-order valence-electron chi connectivity index (χ2n) is 5.63. The van der Waals surface area contributed by atoms with Gasteiger partial charge >= 0.3 is 0 Å². The molecule has 1 atom stereocenters. The number of benzene rings is 1. The Bertz CT molecular complexity index is 419. The van der Waals surface area contributed by atoms with Gasteiger partial charge in [0.05, 0.1) is 6.04 Å². The molecule has 19 heavy (non-hydrogen) atoms. The van der Waals surface area contributed by atoms with Gasteiger partial charge in [0, 0.05) is 11.3 Å². The third kappa shape index (κ3) is 3.35. The first-order chi connectivity index (χ1) is 9.11. The molecule has 3 nitrogen and oxygen atoms in total. The van der Waals surface area contributed by atoms with E-state index in [4.69, 9.17) is 5.73 Å². The summed E-state index contributed by atoms with van der Waals surface area (Å²) in [6, 6.07) is 7.31. The van der Waals surface area contributed by atoms with Crippen molar-refractivity contribution in [3.8, 4) is 0 Å². The lowest BCUT2D eigenvalue weighted by Gasteiger charge is -2.35. The number of nitrogens with zero attached hydrogens (tertiary/aromatic N) is 1. The van der Waals surface area contributed by atoms with Crippen LogP contribution in [-0.4, -0.2) is 29.8 Å². The number of rotatable bonds is 4. The lowest BCUT2D eigenvalue weighted by atomic mass is 9.94. The van der Waals surface area contributed by atoms with Gasteiger partial charge in [-0.15, -0.1) is 0 Å². The van der Waals surface area contributed by atoms with Crippen molar-refractivity contribution in [1.29, 1.82) is 0 Å². The molecule has 1 aromatic carbocycles. The lowest BCUT2D eigenvalue weighted by Crippen LogP contribution is -2.45. The topological polar surface area (TPSA) is 46.3 Å². The van der Waals surface area contributed by atoms with Gasteiger partial charge < -0.3 is 5.73 Å². The van der Waals surface area contributed by atoms with Gasteiger partial charge in [0.15, 0.2) is 5.78 Å². The predicted octanol–water partition coefficient (Wildman–Crippen LogP) is 2.96. The van der Waals surface area contributed by atoms with E-state index in [1.54, 1.807) is 12.1 Å². The zero-order valence-corrected chi connectivity index (χ0v) is 11.9. The molecule has 0 amide bonds. The van der Waals surface area contributed by atoms with E-state index in [9.17, 15) is 4.79 Å². The molecule has 104 valence electrons. The summed E-state index contributed by atoms with van der Waals surface area (Å²) in [6.45, 7) is 6.47. The number of Topliss-reactive ketones (excluding diaryl/α,β-unsaturated/α-hetero) is 1. The highest BCUT2D eigenvalue weighted by Gasteiger charge is 2.27. The molecule has 0 radical (unpaired) electrons. The highest BCUT2D eigenvalue weighted by atomic mass is 16.1. The van der Waals surface area contributed by atoms with Gasteiger partial charge in [-0.3, -0.25) is 9.69 Å². The van der Waals surface area contributed by atoms with Crippen LogP contribution in [0.1, 0.15) is 43.5 Å². The molecule has 3 heteroatoms. The summed E-state index contributed by atoms with van der Waals surface area (Å²) in [5.41, 5.74) is 7.15. The van der Waals surface area contributed by atoms with Gasteiger partial charge in [0.2, 0.25) is 0 Å². The van der Waals surface area contributed by atoms with Crippen LogP contribution in [0, 0.1) is 5.92 Å². The van der Waals surface area contributed by atoms with Crippen molar-refractivity contribution in [2.75, 3.05) is 18.8 Å². The van der Waals surface area contributed by atoms with E-state index in [2.05, 4.69) is 18.7 Å². The SMILES string of the molecule is CCC(C(=O)c1ccc(N)cc1)N1CCC(C)CC1. The van der Waals surface area contributed by atoms with Crippen LogP contribution in [0.25, 0.3) is 0 Å². The maximum Gasteiger partial charge on any atom is 0.179 e. The first-order valence-corrected chi connectivity index (χ1v) is 7.25. The number of piperidine rings is 1. The molecule has 1 saturated heterocycles. The minimum absolute atomic E-state index is 0.0242. The number of hydrogen-bond acceptors (Lipinski definition) is 3. The average Bonchev–Trinajstić information content (AvgIpc) is 2.42. The van der Waals surface area contributed by atoms with Crippen LogP contribution in [0.5, 0.6) is 0 Å². The Morgan fingerprint density at radius 1 is 1.32 bits per heavy atom. The molecule has 0 saturated carbocycles. The van der Waals surface area contributed by atoms with E-state index in [0.29, 0.717) is 5.69 Å². The summed E-state index contributed by atoms with van der Waals surface area (Å²) >= 11 is 0. The van der Waals surface area contributed by atoms with Gasteiger partial charge in [-0.1, -0.05) is 13.8 Å². The van der Waals surface area contributed by atoms with Gasteiger partial charge in [-0.25, -0.2) is 0 Å². The fourth-order valence-electron chi connectivity index (χ4n) is 2.79. The Labute approximate surface area is 115 Å². The van der Waals surface area contributed by atoms with Crippen LogP contribution in [0.3, 0.4) is 0 Å². The number of nitrogens with two attached hydrogens (primary N) is 1. The molecule has 1 unspecified atom stereocenters. The highest BCUT2D eigenvalue weighted by Crippen LogP contribution is 2.21. The minimum Gasteiger partial charge on any atom is -0.399 e. The van der Waals surface area contributed by atoms with E-state index in [1.165, 1.54) is 12.8 Å². The van der Waals surface area contributed by atoms with Crippen LogP contribution in [0.15, 0.2) is 24.3 Å². The summed E-state index contributed by atoms with van der Waals surface area (Å²) in [6.07, 6.45) is 3.27. The molecule has 0 spiro atoms. The summed E-state index contributed by atoms with van der Waals surface area (Å²) in [5, 5.41) is 0. The maximum absolute atomic E-state index is 12.6. The number of ketones is 1. The smallest absolute Gasteiger partial charge is 0.179 e. The summed E-state index contributed by atoms with van der Waals surface area (Å²) in [5.74, 6) is 1.03. The Hall–Kier alpha value is -1.35. The number of anilines is 1. The standard InChI is InChI=1S/C16H24N2O/c1-3-15(18-10-8-12(2)9-11-18)16(19)13-4-6-14(17)7-5-13/h4-7,12,15H,3,8-11,17H2,1-2H3. The predicted molar refractivity (Wildman–Crippen MR) is 79.2 cm³/mol. The van der Waals surface area contributed by atoms with Crippen molar-refractivity contribution in [2.24, 2.45) is 5.92 Å². The van der Waals surface area contributed by atoms with Crippen molar-refractivity contribution in [3.05, 3.63) is 29.8 Å². The Morgan fingerprint density at radius 2 is 1.89 bits per heavy atom. The molecule has 0 aliphatic carbocycles. The second-order valence-corrected chi connectivity index (χ2v) is 5.63. The fraction of sp³-hybridized carbons (Fsp3) is 0.562. The van der Waals surface area contributed by atoms with Crippen LogP contribution in [0.2, 0.25) is 0 Å². The largest absolute Gasteiger partial charge is 0.399 e. The van der Waals surface area contributed by atoms with Gasteiger partial charge in [0.25, 0.3) is 0 Å². The molecular formula is C16H24N2O. The maximum atomic E-state index is 12.6. The molecule has 0 bridgehead atoms. The Morgan fingerprint density at radius 3 is 2.42 bits per heavy atom. The molecular weight excluding hydrogens is 236 g/mol. The van der Waals surface area contributed by atoms with Crippen LogP contribution in [0.4, 0.5) is 5.69 Å². The highest BCUT2D eigenvalue weighted by molar-refractivity contribution is 6.00. The van der Waals surface area contributed by atoms with Crippen LogP contribution < -0.4 is 5.73 Å². The van der Waals surface area contributed by atoms with Gasteiger partial charge in [-0.2, -0.15) is 0 Å². The van der Waals surface area contributed by atoms with E-state index >= 15 is 0 Å². The molecule has 0 aromatic heterocycles. The third-order valence-corrected chi connectivity index (χ3v) is 4.14. The van der Waals surface area contributed by atoms with Crippen molar-refractivity contribution in [2.45, 2.75) is 39.2 Å². The van der Waals surface area contributed by atoms with E-state index in [1.807, 2.05) is 12.1 Å². The molecule has 1 aromatic rings.